The zero-order valence-corrected chi connectivity index (χ0v) is 19.0. The van der Waals surface area contributed by atoms with Crippen LogP contribution < -0.4 is 0 Å². The van der Waals surface area contributed by atoms with Gasteiger partial charge in [0.05, 0.1) is 33.9 Å². The highest BCUT2D eigenvalue weighted by atomic mass is 15.4. The van der Waals surface area contributed by atoms with Crippen molar-refractivity contribution in [3.63, 3.8) is 0 Å². The lowest BCUT2D eigenvalue weighted by Crippen LogP contribution is -2.56. The van der Waals surface area contributed by atoms with Crippen molar-refractivity contribution in [1.82, 2.24) is 9.80 Å². The molecular weight excluding hydrogens is 318 g/mol. The Morgan fingerprint density at radius 2 is 1.35 bits per heavy atom. The molecule has 152 valence electrons. The van der Waals surface area contributed by atoms with Crippen LogP contribution >= 0.6 is 0 Å². The molecule has 1 atom stereocenters. The molecule has 2 aliphatic heterocycles. The first-order valence-electron chi connectivity index (χ1n) is 10.9. The van der Waals surface area contributed by atoms with Gasteiger partial charge in [-0.1, -0.05) is 71.9 Å². The fraction of sp³-hybridized carbons (Fsp3) is 0.739. The summed E-state index contributed by atoms with van der Waals surface area (Å²) in [5.41, 5.74) is 1.52. The summed E-state index contributed by atoms with van der Waals surface area (Å²) < 4.78 is 1.18. The van der Waals surface area contributed by atoms with Crippen molar-refractivity contribution in [3.05, 3.63) is 35.9 Å². The molecule has 2 heterocycles. The highest BCUT2D eigenvalue weighted by molar-refractivity contribution is 5.20. The number of piperazine rings is 1. The van der Waals surface area contributed by atoms with Crippen molar-refractivity contribution in [2.24, 2.45) is 0 Å². The SMILES string of the molecule is CC.CC.CC.C[N+]1(C)CCN(CN2CCC(c3ccccc3)C2)CC1. The molecule has 0 bridgehead atoms. The van der Waals surface area contributed by atoms with Crippen LogP contribution in [0.25, 0.3) is 0 Å². The minimum atomic E-state index is 0.744. The quantitative estimate of drug-likeness (QED) is 0.704. The van der Waals surface area contributed by atoms with Gasteiger partial charge in [-0.2, -0.15) is 0 Å². The summed E-state index contributed by atoms with van der Waals surface area (Å²) >= 11 is 0. The molecule has 3 rings (SSSR count). The van der Waals surface area contributed by atoms with Crippen molar-refractivity contribution >= 4 is 0 Å². The number of hydrogen-bond donors (Lipinski definition) is 0. The van der Waals surface area contributed by atoms with E-state index in [-0.39, 0.29) is 0 Å². The zero-order valence-electron chi connectivity index (χ0n) is 19.0. The van der Waals surface area contributed by atoms with E-state index in [2.05, 4.69) is 54.2 Å². The molecule has 2 saturated heterocycles. The molecule has 0 saturated carbocycles. The molecule has 0 spiro atoms. The van der Waals surface area contributed by atoms with E-state index in [4.69, 9.17) is 0 Å². The molecule has 3 nitrogen and oxygen atoms in total. The first-order valence-corrected chi connectivity index (χ1v) is 10.9. The second kappa shape index (κ2) is 14.2. The molecular formula is C23H46N3+. The van der Waals surface area contributed by atoms with Crippen LogP contribution in [-0.4, -0.2) is 74.3 Å². The van der Waals surface area contributed by atoms with Gasteiger partial charge in [-0.3, -0.25) is 9.80 Å². The summed E-state index contributed by atoms with van der Waals surface area (Å²) in [6.07, 6.45) is 1.32. The number of hydrogen-bond acceptors (Lipinski definition) is 2. The fourth-order valence-electron chi connectivity index (χ4n) is 3.43. The lowest BCUT2D eigenvalue weighted by Gasteiger charge is -2.40. The van der Waals surface area contributed by atoms with E-state index in [0.29, 0.717) is 0 Å². The Hall–Kier alpha value is -0.900. The Bertz CT molecular complexity index is 420. The van der Waals surface area contributed by atoms with E-state index in [1.54, 1.807) is 0 Å². The van der Waals surface area contributed by atoms with E-state index < -0.39 is 0 Å². The normalized spacial score (nSPS) is 22.1. The maximum Gasteiger partial charge on any atom is 0.0912 e. The molecule has 3 heteroatoms. The Kier molecular flexibility index (Phi) is 13.7. The molecule has 0 aliphatic carbocycles. The number of likely N-dealkylation sites (N-methyl/N-ethyl adjacent to an activating group) is 1. The summed E-state index contributed by atoms with van der Waals surface area (Å²) in [6.45, 7) is 20.7. The molecule has 26 heavy (non-hydrogen) atoms. The number of benzene rings is 1. The van der Waals surface area contributed by atoms with Crippen LogP contribution in [0.5, 0.6) is 0 Å². The highest BCUT2D eigenvalue weighted by Crippen LogP contribution is 2.27. The summed E-state index contributed by atoms with van der Waals surface area (Å²) in [4.78, 5) is 5.28. The van der Waals surface area contributed by atoms with Gasteiger partial charge in [0.2, 0.25) is 0 Å². The zero-order chi connectivity index (χ0) is 20.0. The van der Waals surface area contributed by atoms with E-state index in [1.165, 1.54) is 62.4 Å². The molecule has 2 aliphatic rings. The highest BCUT2D eigenvalue weighted by Gasteiger charge is 2.28. The van der Waals surface area contributed by atoms with Crippen molar-refractivity contribution in [2.75, 3.05) is 60.0 Å². The monoisotopic (exact) mass is 364 g/mol. The Labute approximate surface area is 164 Å². The minimum absolute atomic E-state index is 0.744. The predicted octanol–water partition coefficient (Wildman–Crippen LogP) is 4.90. The topological polar surface area (TPSA) is 6.48 Å². The third kappa shape index (κ3) is 8.66. The number of quaternary nitrogens is 1. The van der Waals surface area contributed by atoms with Gasteiger partial charge < -0.3 is 4.48 Å². The maximum absolute atomic E-state index is 2.64. The average molecular weight is 365 g/mol. The van der Waals surface area contributed by atoms with Crippen LogP contribution in [0.3, 0.4) is 0 Å². The molecule has 0 amide bonds. The lowest BCUT2D eigenvalue weighted by atomic mass is 9.99. The molecule has 1 unspecified atom stereocenters. The largest absolute Gasteiger partial charge is 0.326 e. The Balaban J connectivity index is 0.000000948. The van der Waals surface area contributed by atoms with E-state index in [1.807, 2.05) is 41.5 Å². The number of nitrogens with zero attached hydrogens (tertiary/aromatic N) is 3. The maximum atomic E-state index is 2.64. The van der Waals surface area contributed by atoms with Crippen molar-refractivity contribution in [3.8, 4) is 0 Å². The van der Waals surface area contributed by atoms with E-state index in [9.17, 15) is 0 Å². The van der Waals surface area contributed by atoms with Gasteiger partial charge in [0.15, 0.2) is 0 Å². The molecule has 1 aromatic carbocycles. The summed E-state index contributed by atoms with van der Waals surface area (Å²) in [5.74, 6) is 0.744. The van der Waals surface area contributed by atoms with Gasteiger partial charge in [0.1, 0.15) is 0 Å². The molecule has 0 aromatic heterocycles. The van der Waals surface area contributed by atoms with Crippen LogP contribution in [0.1, 0.15) is 59.4 Å². The van der Waals surface area contributed by atoms with Crippen LogP contribution in [0.2, 0.25) is 0 Å². The standard InChI is InChI=1S/C17H28N3.3C2H6/c1-20(2)12-10-18(11-13-20)15-19-9-8-17(14-19)16-6-4-3-5-7-16;3*1-2/h3-7,17H,8-15H2,1-2H3;3*1-2H3/q+1;;;. The molecule has 2 fully saturated rings. The van der Waals surface area contributed by atoms with Crippen molar-refractivity contribution in [2.45, 2.75) is 53.9 Å². The predicted molar refractivity (Wildman–Crippen MR) is 118 cm³/mol. The number of likely N-dealkylation sites (tertiary alicyclic amines) is 1. The van der Waals surface area contributed by atoms with E-state index in [0.717, 1.165) is 5.92 Å². The van der Waals surface area contributed by atoms with Gasteiger partial charge in [-0.15, -0.1) is 0 Å². The summed E-state index contributed by atoms with van der Waals surface area (Å²) in [7, 11) is 4.69. The van der Waals surface area contributed by atoms with Crippen LogP contribution in [0, 0.1) is 0 Å². The molecule has 0 N–H and O–H groups in total. The smallest absolute Gasteiger partial charge is 0.0912 e. The average Bonchev–Trinajstić information content (AvgIpc) is 3.18. The van der Waals surface area contributed by atoms with Gasteiger partial charge in [-0.25, -0.2) is 0 Å². The molecule has 1 aromatic rings. The summed E-state index contributed by atoms with van der Waals surface area (Å²) in [6, 6.07) is 11.0. The first kappa shape index (κ1) is 25.1. The van der Waals surface area contributed by atoms with E-state index >= 15 is 0 Å². The second-order valence-electron chi connectivity index (χ2n) is 7.12. The second-order valence-corrected chi connectivity index (χ2v) is 7.12. The number of rotatable bonds is 3. The third-order valence-electron chi connectivity index (χ3n) is 4.99. The molecule has 0 radical (unpaired) electrons. The van der Waals surface area contributed by atoms with Crippen molar-refractivity contribution in [1.29, 1.82) is 0 Å². The van der Waals surface area contributed by atoms with Crippen LogP contribution in [0.4, 0.5) is 0 Å². The summed E-state index contributed by atoms with van der Waals surface area (Å²) in [5, 5.41) is 0. The minimum Gasteiger partial charge on any atom is -0.326 e. The van der Waals surface area contributed by atoms with Crippen LogP contribution in [0.15, 0.2) is 30.3 Å². The van der Waals surface area contributed by atoms with Gasteiger partial charge in [0, 0.05) is 26.2 Å². The Morgan fingerprint density at radius 1 is 0.808 bits per heavy atom. The lowest BCUT2D eigenvalue weighted by molar-refractivity contribution is -0.894. The Morgan fingerprint density at radius 3 is 1.88 bits per heavy atom. The van der Waals surface area contributed by atoms with Gasteiger partial charge in [-0.05, 0) is 17.9 Å². The first-order chi connectivity index (χ1) is 12.6. The van der Waals surface area contributed by atoms with Crippen molar-refractivity contribution < 1.29 is 4.48 Å². The van der Waals surface area contributed by atoms with Gasteiger partial charge in [0.25, 0.3) is 0 Å². The third-order valence-corrected chi connectivity index (χ3v) is 4.99. The van der Waals surface area contributed by atoms with Crippen LogP contribution in [-0.2, 0) is 0 Å². The fourth-order valence-corrected chi connectivity index (χ4v) is 3.43. The van der Waals surface area contributed by atoms with Gasteiger partial charge >= 0.3 is 0 Å².